The number of carbonyl (C=O) groups excluding carboxylic acids is 2. The van der Waals surface area contributed by atoms with Gasteiger partial charge in [0.25, 0.3) is 0 Å². The minimum absolute atomic E-state index is 0.0730. The molecule has 164 valence electrons. The average Bonchev–Trinajstić information content (AvgIpc) is 3.39. The number of anilines is 1. The molecule has 0 bridgehead atoms. The normalized spacial score (nSPS) is 18.3. The molecule has 1 atom stereocenters. The Kier molecular flexibility index (Phi) is 5.75. The van der Waals surface area contributed by atoms with E-state index in [0.29, 0.717) is 19.5 Å². The van der Waals surface area contributed by atoms with E-state index >= 15 is 0 Å². The fourth-order valence-corrected chi connectivity index (χ4v) is 4.50. The van der Waals surface area contributed by atoms with E-state index in [4.69, 9.17) is 4.74 Å². The van der Waals surface area contributed by atoms with Gasteiger partial charge >= 0.3 is 6.09 Å². The highest BCUT2D eigenvalue weighted by Crippen LogP contribution is 2.39. The lowest BCUT2D eigenvalue weighted by Gasteiger charge is -2.30. The summed E-state index contributed by atoms with van der Waals surface area (Å²) in [6.07, 6.45) is 1.73. The third-order valence-electron chi connectivity index (χ3n) is 5.86. The van der Waals surface area contributed by atoms with Gasteiger partial charge in [0.1, 0.15) is 11.6 Å². The Morgan fingerprint density at radius 2 is 1.87 bits per heavy atom. The molecule has 2 aromatic carbocycles. The first-order valence-electron chi connectivity index (χ1n) is 10.9. The number of aliphatic hydroxyl groups excluding tert-OH is 1. The van der Waals surface area contributed by atoms with E-state index in [0.717, 1.165) is 40.8 Å². The van der Waals surface area contributed by atoms with Gasteiger partial charge in [-0.2, -0.15) is 0 Å². The summed E-state index contributed by atoms with van der Waals surface area (Å²) in [5.74, 6) is -0.0730. The topological polar surface area (TPSA) is 70.1 Å². The summed E-state index contributed by atoms with van der Waals surface area (Å²) >= 11 is 0. The number of aliphatic hydroxyl groups is 1. The number of nitrogens with zero attached hydrogens (tertiary/aromatic N) is 2. The largest absolute Gasteiger partial charge is 0.444 e. The number of amides is 2. The van der Waals surface area contributed by atoms with Crippen molar-refractivity contribution in [2.45, 2.75) is 58.3 Å². The molecule has 0 saturated carbocycles. The Balaban J connectivity index is 1.65. The molecule has 1 N–H and O–H groups in total. The van der Waals surface area contributed by atoms with Crippen LogP contribution in [0.15, 0.2) is 42.5 Å². The van der Waals surface area contributed by atoms with Gasteiger partial charge in [-0.25, -0.2) is 4.79 Å². The molecular formula is C25H30N2O4. The molecule has 1 fully saturated rings. The molecule has 4 rings (SSSR count). The molecule has 0 radical (unpaired) electrons. The first-order chi connectivity index (χ1) is 14.8. The second kappa shape index (κ2) is 8.35. The summed E-state index contributed by atoms with van der Waals surface area (Å²) in [6.45, 7) is 6.49. The van der Waals surface area contributed by atoms with Gasteiger partial charge in [0.15, 0.2) is 0 Å². The average molecular weight is 423 g/mol. The zero-order valence-electron chi connectivity index (χ0n) is 18.4. The summed E-state index contributed by atoms with van der Waals surface area (Å²) in [5, 5.41) is 9.83. The lowest BCUT2D eigenvalue weighted by atomic mass is 9.95. The third-order valence-corrected chi connectivity index (χ3v) is 5.86. The quantitative estimate of drug-likeness (QED) is 0.807. The van der Waals surface area contributed by atoms with Crippen molar-refractivity contribution in [3.63, 3.8) is 0 Å². The molecule has 0 unspecified atom stereocenters. The van der Waals surface area contributed by atoms with Crippen LogP contribution in [-0.2, 0) is 22.6 Å². The number of ether oxygens (including phenoxy) is 1. The number of rotatable bonds is 3. The lowest BCUT2D eigenvalue weighted by Crippen LogP contribution is -2.48. The van der Waals surface area contributed by atoms with E-state index in [1.807, 2.05) is 63.2 Å². The minimum atomic E-state index is -0.603. The number of likely N-dealkylation sites (tertiary alicyclic amines) is 1. The standard InChI is InChI=1S/C25H30N2O4/c1-25(2,3)31-24(30)27-12-7-10-21(27)23(29)26-13-11-19-20(18-8-5-4-6-9-18)14-17(16-28)15-22(19)26/h4-6,8-9,14-15,21,28H,7,10-13,16H2,1-3H3/t21-/m0/s1. The van der Waals surface area contributed by atoms with Gasteiger partial charge in [-0.1, -0.05) is 30.3 Å². The van der Waals surface area contributed by atoms with Crippen LogP contribution in [0.3, 0.4) is 0 Å². The molecular weight excluding hydrogens is 392 g/mol. The van der Waals surface area contributed by atoms with Gasteiger partial charge in [0.2, 0.25) is 5.91 Å². The Hall–Kier alpha value is -2.86. The number of hydrogen-bond donors (Lipinski definition) is 1. The second-order valence-corrected chi connectivity index (χ2v) is 9.24. The first-order valence-corrected chi connectivity index (χ1v) is 10.9. The number of hydrogen-bond acceptors (Lipinski definition) is 4. The van der Waals surface area contributed by atoms with Crippen molar-refractivity contribution in [2.24, 2.45) is 0 Å². The number of carbonyl (C=O) groups is 2. The van der Waals surface area contributed by atoms with Crippen molar-refractivity contribution in [1.29, 1.82) is 0 Å². The maximum atomic E-state index is 13.6. The van der Waals surface area contributed by atoms with Crippen LogP contribution in [0.4, 0.5) is 10.5 Å². The van der Waals surface area contributed by atoms with Crippen LogP contribution in [-0.4, -0.2) is 46.7 Å². The zero-order chi connectivity index (χ0) is 22.2. The molecule has 1 saturated heterocycles. The SMILES string of the molecule is CC(C)(C)OC(=O)N1CCC[C@H]1C(=O)N1CCc2c(-c3ccccc3)cc(CO)cc21. The lowest BCUT2D eigenvalue weighted by molar-refractivity contribution is -0.122. The maximum absolute atomic E-state index is 13.6. The molecule has 2 aromatic rings. The molecule has 2 aliphatic rings. The summed E-state index contributed by atoms with van der Waals surface area (Å²) < 4.78 is 5.53. The molecule has 6 nitrogen and oxygen atoms in total. The third kappa shape index (κ3) is 4.30. The van der Waals surface area contributed by atoms with Crippen molar-refractivity contribution < 1.29 is 19.4 Å². The Morgan fingerprint density at radius 1 is 1.13 bits per heavy atom. The molecule has 0 aliphatic carbocycles. The Labute approximate surface area is 183 Å². The maximum Gasteiger partial charge on any atom is 0.410 e. The number of fused-ring (bicyclic) bond motifs is 1. The van der Waals surface area contributed by atoms with E-state index in [9.17, 15) is 14.7 Å². The highest BCUT2D eigenvalue weighted by molar-refractivity contribution is 6.01. The van der Waals surface area contributed by atoms with Gasteiger partial charge in [-0.15, -0.1) is 0 Å². The van der Waals surface area contributed by atoms with Crippen molar-refractivity contribution in [3.8, 4) is 11.1 Å². The van der Waals surface area contributed by atoms with E-state index in [1.165, 1.54) is 0 Å². The van der Waals surface area contributed by atoms with E-state index in [1.54, 1.807) is 9.80 Å². The van der Waals surface area contributed by atoms with Crippen LogP contribution in [0, 0.1) is 0 Å². The van der Waals surface area contributed by atoms with Crippen molar-refractivity contribution in [2.75, 3.05) is 18.0 Å². The highest BCUT2D eigenvalue weighted by Gasteiger charge is 2.40. The Bertz CT molecular complexity index is 981. The van der Waals surface area contributed by atoms with Crippen molar-refractivity contribution >= 4 is 17.7 Å². The molecule has 31 heavy (non-hydrogen) atoms. The zero-order valence-corrected chi connectivity index (χ0v) is 18.4. The van der Waals surface area contributed by atoms with Crippen LogP contribution >= 0.6 is 0 Å². The van der Waals surface area contributed by atoms with Crippen molar-refractivity contribution in [3.05, 3.63) is 53.6 Å². The van der Waals surface area contributed by atoms with Gasteiger partial charge in [0, 0.05) is 18.8 Å². The van der Waals surface area contributed by atoms with Crippen molar-refractivity contribution in [1.82, 2.24) is 4.90 Å². The van der Waals surface area contributed by atoms with Crippen LogP contribution < -0.4 is 4.90 Å². The summed E-state index contributed by atoms with van der Waals surface area (Å²) in [6, 6.07) is 13.4. The number of benzene rings is 2. The smallest absolute Gasteiger partial charge is 0.410 e. The Morgan fingerprint density at radius 3 is 2.55 bits per heavy atom. The first kappa shape index (κ1) is 21.4. The van der Waals surface area contributed by atoms with Crippen LogP contribution in [0.2, 0.25) is 0 Å². The molecule has 2 heterocycles. The second-order valence-electron chi connectivity index (χ2n) is 9.24. The molecule has 0 spiro atoms. The summed E-state index contributed by atoms with van der Waals surface area (Å²) in [5.41, 5.74) is 4.24. The molecule has 2 amide bonds. The van der Waals surface area contributed by atoms with Crippen LogP contribution in [0.25, 0.3) is 11.1 Å². The van der Waals surface area contributed by atoms with E-state index in [-0.39, 0.29) is 12.5 Å². The predicted octanol–water partition coefficient (Wildman–Crippen LogP) is 4.13. The monoisotopic (exact) mass is 422 g/mol. The van der Waals surface area contributed by atoms with E-state index in [2.05, 4.69) is 0 Å². The minimum Gasteiger partial charge on any atom is -0.444 e. The van der Waals surface area contributed by atoms with Gasteiger partial charge in [-0.3, -0.25) is 9.69 Å². The fraction of sp³-hybridized carbons (Fsp3) is 0.440. The molecule has 2 aliphatic heterocycles. The van der Waals surface area contributed by atoms with Gasteiger partial charge in [-0.05, 0) is 74.4 Å². The predicted molar refractivity (Wildman–Crippen MR) is 120 cm³/mol. The summed E-state index contributed by atoms with van der Waals surface area (Å²) in [7, 11) is 0. The van der Waals surface area contributed by atoms with E-state index < -0.39 is 17.7 Å². The van der Waals surface area contributed by atoms with Gasteiger partial charge in [0.05, 0.1) is 6.61 Å². The van der Waals surface area contributed by atoms with Gasteiger partial charge < -0.3 is 14.7 Å². The van der Waals surface area contributed by atoms with Crippen LogP contribution in [0.5, 0.6) is 0 Å². The highest BCUT2D eigenvalue weighted by atomic mass is 16.6. The fourth-order valence-electron chi connectivity index (χ4n) is 4.50. The molecule has 6 heteroatoms. The summed E-state index contributed by atoms with van der Waals surface area (Å²) in [4.78, 5) is 29.6. The molecule has 0 aromatic heterocycles. The van der Waals surface area contributed by atoms with Crippen LogP contribution in [0.1, 0.15) is 44.7 Å².